The number of hydrogen-bond donors (Lipinski definition) is 2. The zero-order chi connectivity index (χ0) is 18.6. The van der Waals surface area contributed by atoms with Crippen molar-refractivity contribution in [1.82, 2.24) is 20.2 Å². The number of carbonyl (C=O) groups is 2. The first-order chi connectivity index (χ1) is 11.7. The van der Waals surface area contributed by atoms with Crippen molar-refractivity contribution in [1.29, 1.82) is 0 Å². The lowest BCUT2D eigenvalue weighted by atomic mass is 10.1. The molecule has 2 amide bonds. The highest BCUT2D eigenvalue weighted by atomic mass is 16.6. The summed E-state index contributed by atoms with van der Waals surface area (Å²) in [5, 5.41) is 16.5. The van der Waals surface area contributed by atoms with Gasteiger partial charge in [0.05, 0.1) is 17.8 Å². The van der Waals surface area contributed by atoms with E-state index in [9.17, 15) is 19.7 Å². The van der Waals surface area contributed by atoms with Gasteiger partial charge < -0.3 is 15.2 Å². The fraction of sp³-hybridized carbons (Fsp3) is 0.312. The van der Waals surface area contributed by atoms with E-state index in [-0.39, 0.29) is 23.7 Å². The number of rotatable bonds is 5. The summed E-state index contributed by atoms with van der Waals surface area (Å²) in [7, 11) is 0. The largest absolute Gasteiger partial charge is 0.350 e. The Labute approximate surface area is 144 Å². The lowest BCUT2D eigenvalue weighted by molar-refractivity contribution is -0.384. The van der Waals surface area contributed by atoms with Gasteiger partial charge in [0.2, 0.25) is 5.91 Å². The summed E-state index contributed by atoms with van der Waals surface area (Å²) in [5.74, 6) is -0.908. The molecule has 9 nitrogen and oxygen atoms in total. The minimum atomic E-state index is -0.571. The Bertz CT molecular complexity index is 793. The summed E-state index contributed by atoms with van der Waals surface area (Å²) in [6, 6.07) is 4.09. The normalized spacial score (nSPS) is 11.0. The second-order valence-corrected chi connectivity index (χ2v) is 6.41. The molecule has 0 aliphatic rings. The molecule has 0 atom stereocenters. The SMILES string of the molecule is CC(C)(C)NC(=O)CNC(=O)c1ccc(-n2ccnc2)c([N+](=O)[O-])c1. The molecule has 1 aromatic carbocycles. The molecule has 132 valence electrons. The first-order valence-corrected chi connectivity index (χ1v) is 7.53. The van der Waals surface area contributed by atoms with E-state index in [1.165, 1.54) is 35.3 Å². The maximum atomic E-state index is 12.2. The zero-order valence-electron chi connectivity index (χ0n) is 14.1. The Morgan fingerprint density at radius 1 is 1.32 bits per heavy atom. The van der Waals surface area contributed by atoms with E-state index in [0.29, 0.717) is 5.69 Å². The van der Waals surface area contributed by atoms with E-state index in [0.717, 1.165) is 0 Å². The minimum absolute atomic E-state index is 0.0964. The molecule has 0 bridgehead atoms. The molecular weight excluding hydrogens is 326 g/mol. The summed E-state index contributed by atoms with van der Waals surface area (Å²) >= 11 is 0. The Balaban J connectivity index is 2.14. The number of nitro groups is 1. The fourth-order valence-corrected chi connectivity index (χ4v) is 2.16. The predicted molar refractivity (Wildman–Crippen MR) is 90.4 cm³/mol. The van der Waals surface area contributed by atoms with Crippen LogP contribution in [0.3, 0.4) is 0 Å². The average molecular weight is 345 g/mol. The summed E-state index contributed by atoms with van der Waals surface area (Å²) in [4.78, 5) is 38.5. The van der Waals surface area contributed by atoms with Crippen molar-refractivity contribution >= 4 is 17.5 Å². The van der Waals surface area contributed by atoms with Crippen LogP contribution in [-0.2, 0) is 4.79 Å². The highest BCUT2D eigenvalue weighted by Gasteiger charge is 2.19. The molecular formula is C16H19N5O4. The highest BCUT2D eigenvalue weighted by molar-refractivity contribution is 5.97. The van der Waals surface area contributed by atoms with Crippen LogP contribution in [0.2, 0.25) is 0 Å². The fourth-order valence-electron chi connectivity index (χ4n) is 2.16. The third-order valence-corrected chi connectivity index (χ3v) is 3.14. The lowest BCUT2D eigenvalue weighted by Crippen LogP contribution is -2.45. The summed E-state index contributed by atoms with van der Waals surface area (Å²) < 4.78 is 1.48. The highest BCUT2D eigenvalue weighted by Crippen LogP contribution is 2.24. The maximum absolute atomic E-state index is 12.2. The van der Waals surface area contributed by atoms with Crippen LogP contribution in [0.15, 0.2) is 36.9 Å². The van der Waals surface area contributed by atoms with Crippen LogP contribution in [0.5, 0.6) is 0 Å². The number of carbonyl (C=O) groups excluding carboxylic acids is 2. The quantitative estimate of drug-likeness (QED) is 0.627. The monoisotopic (exact) mass is 345 g/mol. The van der Waals surface area contributed by atoms with E-state index in [4.69, 9.17) is 0 Å². The predicted octanol–water partition coefficient (Wildman–Crippen LogP) is 1.42. The summed E-state index contributed by atoms with van der Waals surface area (Å²) in [5.41, 5.74) is -0.249. The number of nitrogens with one attached hydrogen (secondary N) is 2. The van der Waals surface area contributed by atoms with Gasteiger partial charge in [-0.05, 0) is 32.9 Å². The van der Waals surface area contributed by atoms with E-state index < -0.39 is 16.4 Å². The number of imidazole rings is 1. The van der Waals surface area contributed by atoms with Crippen molar-refractivity contribution in [3.05, 3.63) is 52.6 Å². The van der Waals surface area contributed by atoms with Gasteiger partial charge in [0, 0.05) is 29.6 Å². The molecule has 2 N–H and O–H groups in total. The van der Waals surface area contributed by atoms with E-state index in [1.807, 2.05) is 20.8 Å². The van der Waals surface area contributed by atoms with Crippen molar-refractivity contribution in [3.8, 4) is 5.69 Å². The van der Waals surface area contributed by atoms with Crippen molar-refractivity contribution in [2.24, 2.45) is 0 Å². The van der Waals surface area contributed by atoms with Crippen LogP contribution in [-0.4, -0.2) is 38.4 Å². The van der Waals surface area contributed by atoms with Gasteiger partial charge in [0.15, 0.2) is 0 Å². The van der Waals surface area contributed by atoms with Crippen LogP contribution in [0, 0.1) is 10.1 Å². The van der Waals surface area contributed by atoms with Gasteiger partial charge in [0.1, 0.15) is 5.69 Å². The van der Waals surface area contributed by atoms with E-state index in [2.05, 4.69) is 15.6 Å². The zero-order valence-corrected chi connectivity index (χ0v) is 14.1. The number of nitro benzene ring substituents is 1. The van der Waals surface area contributed by atoms with Crippen LogP contribution >= 0.6 is 0 Å². The molecule has 0 saturated carbocycles. The average Bonchev–Trinajstić information content (AvgIpc) is 3.04. The minimum Gasteiger partial charge on any atom is -0.350 e. The van der Waals surface area contributed by atoms with Crippen molar-refractivity contribution in [2.75, 3.05) is 6.54 Å². The molecule has 2 rings (SSSR count). The Hall–Kier alpha value is -3.23. The molecule has 0 radical (unpaired) electrons. The first-order valence-electron chi connectivity index (χ1n) is 7.53. The van der Waals surface area contributed by atoms with Crippen molar-refractivity contribution < 1.29 is 14.5 Å². The smallest absolute Gasteiger partial charge is 0.294 e. The van der Waals surface area contributed by atoms with Gasteiger partial charge >= 0.3 is 0 Å². The molecule has 25 heavy (non-hydrogen) atoms. The van der Waals surface area contributed by atoms with Crippen LogP contribution in [0.4, 0.5) is 5.69 Å². The number of hydrogen-bond acceptors (Lipinski definition) is 5. The Kier molecular flexibility index (Phi) is 5.16. The van der Waals surface area contributed by atoms with Crippen molar-refractivity contribution in [3.63, 3.8) is 0 Å². The van der Waals surface area contributed by atoms with Gasteiger partial charge in [-0.1, -0.05) is 0 Å². The van der Waals surface area contributed by atoms with Gasteiger partial charge in [-0.25, -0.2) is 4.98 Å². The molecule has 0 saturated heterocycles. The third-order valence-electron chi connectivity index (χ3n) is 3.14. The number of nitrogens with zero attached hydrogens (tertiary/aromatic N) is 3. The lowest BCUT2D eigenvalue weighted by Gasteiger charge is -2.20. The maximum Gasteiger partial charge on any atom is 0.294 e. The molecule has 0 aliphatic carbocycles. The van der Waals surface area contributed by atoms with Crippen LogP contribution < -0.4 is 10.6 Å². The molecule has 0 unspecified atom stereocenters. The van der Waals surface area contributed by atoms with Gasteiger partial charge in [-0.2, -0.15) is 0 Å². The molecule has 9 heteroatoms. The Morgan fingerprint density at radius 2 is 2.04 bits per heavy atom. The molecule has 0 spiro atoms. The standard InChI is InChI=1S/C16H19N5O4/c1-16(2,3)19-14(22)9-18-15(23)11-4-5-12(13(8-11)21(24)25)20-7-6-17-10-20/h4-8,10H,9H2,1-3H3,(H,18,23)(H,19,22). The number of benzene rings is 1. The number of amides is 2. The Morgan fingerprint density at radius 3 is 2.60 bits per heavy atom. The summed E-state index contributed by atoms with van der Waals surface area (Å²) in [6.45, 7) is 5.26. The van der Waals surface area contributed by atoms with Gasteiger partial charge in [-0.3, -0.25) is 19.7 Å². The topological polar surface area (TPSA) is 119 Å². The van der Waals surface area contributed by atoms with Crippen LogP contribution in [0.25, 0.3) is 5.69 Å². The van der Waals surface area contributed by atoms with Crippen LogP contribution in [0.1, 0.15) is 31.1 Å². The number of aromatic nitrogens is 2. The molecule has 1 aromatic heterocycles. The molecule has 0 aliphatic heterocycles. The molecule has 0 fully saturated rings. The van der Waals surface area contributed by atoms with E-state index in [1.54, 1.807) is 6.20 Å². The summed E-state index contributed by atoms with van der Waals surface area (Å²) in [6.07, 6.45) is 4.50. The first kappa shape index (κ1) is 18.1. The van der Waals surface area contributed by atoms with Gasteiger partial charge in [0.25, 0.3) is 11.6 Å². The third kappa shape index (κ3) is 4.87. The molecule has 2 aromatic rings. The second kappa shape index (κ2) is 7.12. The second-order valence-electron chi connectivity index (χ2n) is 6.41. The van der Waals surface area contributed by atoms with E-state index >= 15 is 0 Å². The van der Waals surface area contributed by atoms with Gasteiger partial charge in [-0.15, -0.1) is 0 Å². The molecule has 1 heterocycles. The van der Waals surface area contributed by atoms with Crippen molar-refractivity contribution in [2.45, 2.75) is 26.3 Å².